The van der Waals surface area contributed by atoms with Gasteiger partial charge in [-0.2, -0.15) is 0 Å². The van der Waals surface area contributed by atoms with Gasteiger partial charge >= 0.3 is 0 Å². The van der Waals surface area contributed by atoms with Crippen LogP contribution in [0.1, 0.15) is 19.4 Å². The number of hydrogen-bond acceptors (Lipinski definition) is 3. The van der Waals surface area contributed by atoms with Crippen molar-refractivity contribution < 1.29 is 14.3 Å². The van der Waals surface area contributed by atoms with Crippen LogP contribution in [0.5, 0.6) is 5.75 Å². The number of methoxy groups -OCH3 is 1. The first kappa shape index (κ1) is 15.8. The van der Waals surface area contributed by atoms with Gasteiger partial charge in [-0.25, -0.2) is 0 Å². The number of nitrogens with one attached hydrogen (secondary N) is 2. The second kappa shape index (κ2) is 7.99. The predicted octanol–water partition coefficient (Wildman–Crippen LogP) is 1.35. The SMILES string of the molecule is CCNC(=O)C(C)NC(=O)/C=C/c1cccc(OC)c1. The van der Waals surface area contributed by atoms with E-state index in [4.69, 9.17) is 4.74 Å². The van der Waals surface area contributed by atoms with Crippen LogP contribution in [0.2, 0.25) is 0 Å². The summed E-state index contributed by atoms with van der Waals surface area (Å²) in [7, 11) is 1.59. The summed E-state index contributed by atoms with van der Waals surface area (Å²) in [5, 5.41) is 5.24. The van der Waals surface area contributed by atoms with E-state index >= 15 is 0 Å². The van der Waals surface area contributed by atoms with E-state index in [9.17, 15) is 9.59 Å². The second-order valence-electron chi connectivity index (χ2n) is 4.23. The van der Waals surface area contributed by atoms with Crippen LogP contribution in [0.25, 0.3) is 6.08 Å². The second-order valence-corrected chi connectivity index (χ2v) is 4.23. The molecule has 0 saturated carbocycles. The summed E-state index contributed by atoms with van der Waals surface area (Å²) < 4.78 is 5.10. The van der Waals surface area contributed by atoms with Crippen molar-refractivity contribution in [3.05, 3.63) is 35.9 Å². The molecule has 0 heterocycles. The van der Waals surface area contributed by atoms with Gasteiger partial charge in [-0.15, -0.1) is 0 Å². The van der Waals surface area contributed by atoms with Gasteiger partial charge in [-0.3, -0.25) is 9.59 Å². The van der Waals surface area contributed by atoms with Crippen LogP contribution in [0, 0.1) is 0 Å². The van der Waals surface area contributed by atoms with E-state index in [2.05, 4.69) is 10.6 Å². The van der Waals surface area contributed by atoms with Crippen molar-refractivity contribution in [3.8, 4) is 5.75 Å². The van der Waals surface area contributed by atoms with Crippen LogP contribution in [0.3, 0.4) is 0 Å². The Morgan fingerprint density at radius 3 is 2.80 bits per heavy atom. The van der Waals surface area contributed by atoms with Gasteiger partial charge in [0.2, 0.25) is 11.8 Å². The number of benzene rings is 1. The molecule has 1 rings (SSSR count). The summed E-state index contributed by atoms with van der Waals surface area (Å²) in [6.07, 6.45) is 3.06. The number of amides is 2. The average molecular weight is 276 g/mol. The van der Waals surface area contributed by atoms with Crippen molar-refractivity contribution in [3.63, 3.8) is 0 Å². The van der Waals surface area contributed by atoms with Gasteiger partial charge in [0.25, 0.3) is 0 Å². The number of carbonyl (C=O) groups excluding carboxylic acids is 2. The predicted molar refractivity (Wildman–Crippen MR) is 78.3 cm³/mol. The van der Waals surface area contributed by atoms with E-state index in [1.165, 1.54) is 6.08 Å². The Bertz CT molecular complexity index is 498. The largest absolute Gasteiger partial charge is 0.497 e. The smallest absolute Gasteiger partial charge is 0.244 e. The van der Waals surface area contributed by atoms with Crippen LogP contribution in [0.4, 0.5) is 0 Å². The topological polar surface area (TPSA) is 67.4 Å². The first-order valence-corrected chi connectivity index (χ1v) is 6.47. The summed E-state index contributed by atoms with van der Waals surface area (Å²) >= 11 is 0. The standard InChI is InChI=1S/C15H20N2O3/c1-4-16-15(19)11(2)17-14(18)9-8-12-6-5-7-13(10-12)20-3/h5-11H,4H2,1-3H3,(H,16,19)(H,17,18)/b9-8+. The Morgan fingerprint density at radius 1 is 1.40 bits per heavy atom. The summed E-state index contributed by atoms with van der Waals surface area (Å²) in [5.74, 6) is 0.213. The van der Waals surface area contributed by atoms with Crippen molar-refractivity contribution in [2.45, 2.75) is 19.9 Å². The van der Waals surface area contributed by atoms with E-state index in [1.54, 1.807) is 20.1 Å². The molecule has 0 aliphatic rings. The molecule has 0 saturated heterocycles. The summed E-state index contributed by atoms with van der Waals surface area (Å²) in [6, 6.07) is 6.79. The van der Waals surface area contributed by atoms with Crippen LogP contribution >= 0.6 is 0 Å². The van der Waals surface area contributed by atoms with Crippen molar-refractivity contribution in [2.24, 2.45) is 0 Å². The zero-order valence-corrected chi connectivity index (χ0v) is 12.0. The van der Waals surface area contributed by atoms with E-state index in [-0.39, 0.29) is 11.8 Å². The average Bonchev–Trinajstić information content (AvgIpc) is 2.45. The first-order valence-electron chi connectivity index (χ1n) is 6.47. The quantitative estimate of drug-likeness (QED) is 0.771. The minimum absolute atomic E-state index is 0.198. The summed E-state index contributed by atoms with van der Waals surface area (Å²) in [4.78, 5) is 23.2. The van der Waals surface area contributed by atoms with Gasteiger partial charge in [0, 0.05) is 12.6 Å². The van der Waals surface area contributed by atoms with Gasteiger partial charge in [0.1, 0.15) is 11.8 Å². The molecule has 0 fully saturated rings. The molecule has 0 aliphatic heterocycles. The molecule has 1 aromatic carbocycles. The fourth-order valence-electron chi connectivity index (χ4n) is 1.57. The van der Waals surface area contributed by atoms with E-state index in [0.29, 0.717) is 6.54 Å². The minimum atomic E-state index is -0.558. The molecule has 1 atom stereocenters. The lowest BCUT2D eigenvalue weighted by Crippen LogP contribution is -2.44. The number of likely N-dealkylation sites (N-methyl/N-ethyl adjacent to an activating group) is 1. The lowest BCUT2D eigenvalue weighted by Gasteiger charge is -2.11. The third-order valence-corrected chi connectivity index (χ3v) is 2.62. The number of ether oxygens (including phenoxy) is 1. The monoisotopic (exact) mass is 276 g/mol. The Morgan fingerprint density at radius 2 is 2.15 bits per heavy atom. The van der Waals surface area contributed by atoms with Gasteiger partial charge < -0.3 is 15.4 Å². The van der Waals surface area contributed by atoms with Gasteiger partial charge in [0.05, 0.1) is 7.11 Å². The van der Waals surface area contributed by atoms with Crippen molar-refractivity contribution in [2.75, 3.05) is 13.7 Å². The maximum Gasteiger partial charge on any atom is 0.244 e. The lowest BCUT2D eigenvalue weighted by atomic mass is 10.2. The van der Waals surface area contributed by atoms with Crippen LogP contribution < -0.4 is 15.4 Å². The molecular weight excluding hydrogens is 256 g/mol. The first-order chi connectivity index (χ1) is 9.56. The van der Waals surface area contributed by atoms with Crippen LogP contribution in [-0.4, -0.2) is 31.5 Å². The molecule has 2 amide bonds. The minimum Gasteiger partial charge on any atom is -0.497 e. The summed E-state index contributed by atoms with van der Waals surface area (Å²) in [5.41, 5.74) is 0.852. The Kier molecular flexibility index (Phi) is 6.29. The highest BCUT2D eigenvalue weighted by Gasteiger charge is 2.12. The highest BCUT2D eigenvalue weighted by molar-refractivity contribution is 5.95. The molecule has 5 heteroatoms. The molecule has 20 heavy (non-hydrogen) atoms. The molecule has 108 valence electrons. The van der Waals surface area contributed by atoms with Crippen molar-refractivity contribution in [1.29, 1.82) is 0 Å². The van der Waals surface area contributed by atoms with Gasteiger partial charge in [-0.1, -0.05) is 12.1 Å². The molecule has 0 spiro atoms. The van der Waals surface area contributed by atoms with Crippen LogP contribution in [-0.2, 0) is 9.59 Å². The molecule has 1 unspecified atom stereocenters. The molecule has 1 aromatic rings. The Labute approximate surface area is 119 Å². The molecule has 5 nitrogen and oxygen atoms in total. The van der Waals surface area contributed by atoms with Gasteiger partial charge in [-0.05, 0) is 37.6 Å². The third kappa shape index (κ3) is 5.14. The number of rotatable bonds is 6. The molecular formula is C15H20N2O3. The maximum absolute atomic E-state index is 11.7. The fourth-order valence-corrected chi connectivity index (χ4v) is 1.57. The highest BCUT2D eigenvalue weighted by Crippen LogP contribution is 2.13. The molecule has 0 aliphatic carbocycles. The number of carbonyl (C=O) groups is 2. The Balaban J connectivity index is 2.56. The highest BCUT2D eigenvalue weighted by atomic mass is 16.5. The van der Waals surface area contributed by atoms with Crippen LogP contribution in [0.15, 0.2) is 30.3 Å². The van der Waals surface area contributed by atoms with Gasteiger partial charge in [0.15, 0.2) is 0 Å². The zero-order valence-electron chi connectivity index (χ0n) is 12.0. The van der Waals surface area contributed by atoms with Crippen molar-refractivity contribution in [1.82, 2.24) is 10.6 Å². The molecule has 0 aromatic heterocycles. The fraction of sp³-hybridized carbons (Fsp3) is 0.333. The third-order valence-electron chi connectivity index (χ3n) is 2.62. The normalized spacial score (nSPS) is 11.9. The summed E-state index contributed by atoms with van der Waals surface area (Å²) in [6.45, 7) is 4.01. The number of hydrogen-bond donors (Lipinski definition) is 2. The molecule has 0 bridgehead atoms. The van der Waals surface area contributed by atoms with E-state index in [1.807, 2.05) is 31.2 Å². The van der Waals surface area contributed by atoms with E-state index in [0.717, 1.165) is 11.3 Å². The van der Waals surface area contributed by atoms with E-state index < -0.39 is 6.04 Å². The zero-order chi connectivity index (χ0) is 15.0. The van der Waals surface area contributed by atoms with Crippen molar-refractivity contribution >= 4 is 17.9 Å². The molecule has 0 radical (unpaired) electrons. The maximum atomic E-state index is 11.7. The lowest BCUT2D eigenvalue weighted by molar-refractivity contribution is -0.126. The molecule has 2 N–H and O–H groups in total. The Hall–Kier alpha value is -2.30.